The third-order valence-electron chi connectivity index (χ3n) is 3.49. The molecule has 1 fully saturated rings. The maximum Gasteiger partial charge on any atom is 0.254 e. The number of piperazine rings is 1. The Labute approximate surface area is 124 Å². The maximum absolute atomic E-state index is 12.3. The number of aliphatic hydroxyl groups is 1. The number of benzene rings is 1. The zero-order chi connectivity index (χ0) is 15.6. The number of carbonyl (C=O) groups excluding carboxylic acids is 1. The molecule has 116 valence electrons. The van der Waals surface area contributed by atoms with Crippen LogP contribution in [0.2, 0.25) is 0 Å². The smallest absolute Gasteiger partial charge is 0.254 e. The molecular formula is C15H22N2O4. The standard InChI is InChI=1S/C15H22N2O4/c1-15(2,21)10-16-5-7-17(8-6-16)14(20)11-3-4-12(18)13(19)9-11/h3-4,9,18-19,21H,5-8,10H2,1-2H3. The maximum atomic E-state index is 12.3. The SMILES string of the molecule is CC(C)(O)CN1CCN(C(=O)c2ccc(O)c(O)c2)CC1. The fraction of sp³-hybridized carbons (Fsp3) is 0.533. The molecule has 1 aromatic carbocycles. The molecule has 3 N–H and O–H groups in total. The van der Waals surface area contributed by atoms with Gasteiger partial charge >= 0.3 is 0 Å². The highest BCUT2D eigenvalue weighted by atomic mass is 16.3. The fourth-order valence-corrected chi connectivity index (χ4v) is 2.50. The van der Waals surface area contributed by atoms with E-state index < -0.39 is 5.60 Å². The highest BCUT2D eigenvalue weighted by molar-refractivity contribution is 5.95. The van der Waals surface area contributed by atoms with Crippen LogP contribution in [0, 0.1) is 0 Å². The minimum Gasteiger partial charge on any atom is -0.504 e. The molecule has 1 aliphatic heterocycles. The summed E-state index contributed by atoms with van der Waals surface area (Å²) in [5.41, 5.74) is -0.379. The van der Waals surface area contributed by atoms with Gasteiger partial charge in [0.05, 0.1) is 5.60 Å². The van der Waals surface area contributed by atoms with Gasteiger partial charge in [-0.2, -0.15) is 0 Å². The van der Waals surface area contributed by atoms with Gasteiger partial charge in [-0.1, -0.05) is 0 Å². The first kappa shape index (κ1) is 15.6. The number of aromatic hydroxyl groups is 2. The minimum absolute atomic E-state index is 0.159. The molecule has 1 heterocycles. The van der Waals surface area contributed by atoms with E-state index in [2.05, 4.69) is 4.90 Å². The van der Waals surface area contributed by atoms with Crippen LogP contribution >= 0.6 is 0 Å². The Balaban J connectivity index is 1.95. The van der Waals surface area contributed by atoms with Crippen molar-refractivity contribution in [1.82, 2.24) is 9.80 Å². The van der Waals surface area contributed by atoms with Crippen molar-refractivity contribution in [3.05, 3.63) is 23.8 Å². The van der Waals surface area contributed by atoms with Crippen molar-refractivity contribution < 1.29 is 20.1 Å². The summed E-state index contributed by atoms with van der Waals surface area (Å²) in [7, 11) is 0. The van der Waals surface area contributed by atoms with Gasteiger partial charge in [0.2, 0.25) is 0 Å². The van der Waals surface area contributed by atoms with Gasteiger partial charge < -0.3 is 20.2 Å². The first-order valence-corrected chi connectivity index (χ1v) is 7.02. The van der Waals surface area contributed by atoms with Crippen molar-refractivity contribution in [2.45, 2.75) is 19.4 Å². The average Bonchev–Trinajstić information content (AvgIpc) is 2.40. The van der Waals surface area contributed by atoms with Gasteiger partial charge in [-0.05, 0) is 32.0 Å². The summed E-state index contributed by atoms with van der Waals surface area (Å²) >= 11 is 0. The monoisotopic (exact) mass is 294 g/mol. The zero-order valence-corrected chi connectivity index (χ0v) is 12.4. The highest BCUT2D eigenvalue weighted by Gasteiger charge is 2.25. The zero-order valence-electron chi connectivity index (χ0n) is 12.4. The van der Waals surface area contributed by atoms with Crippen LogP contribution in [-0.4, -0.2) is 69.4 Å². The predicted octanol–water partition coefficient (Wildman–Crippen LogP) is 0.626. The minimum atomic E-state index is -0.741. The van der Waals surface area contributed by atoms with Crippen LogP contribution in [0.3, 0.4) is 0 Å². The number of hydrogen-bond donors (Lipinski definition) is 3. The molecule has 0 aromatic heterocycles. The lowest BCUT2D eigenvalue weighted by molar-refractivity contribution is 0.0178. The lowest BCUT2D eigenvalue weighted by Crippen LogP contribution is -2.51. The molecule has 0 spiro atoms. The van der Waals surface area contributed by atoms with Gasteiger partial charge in [0, 0.05) is 38.3 Å². The van der Waals surface area contributed by atoms with Crippen molar-refractivity contribution in [3.8, 4) is 11.5 Å². The number of phenols is 2. The van der Waals surface area contributed by atoms with Gasteiger partial charge in [-0.15, -0.1) is 0 Å². The average molecular weight is 294 g/mol. The van der Waals surface area contributed by atoms with Crippen LogP contribution in [0.1, 0.15) is 24.2 Å². The van der Waals surface area contributed by atoms with Crippen LogP contribution in [0.15, 0.2) is 18.2 Å². The third kappa shape index (κ3) is 4.09. The van der Waals surface area contributed by atoms with E-state index in [4.69, 9.17) is 0 Å². The van der Waals surface area contributed by atoms with Gasteiger partial charge in [-0.3, -0.25) is 9.69 Å². The Bertz CT molecular complexity index is 517. The van der Waals surface area contributed by atoms with Crippen molar-refractivity contribution in [1.29, 1.82) is 0 Å². The molecule has 6 heteroatoms. The second kappa shape index (κ2) is 5.91. The van der Waals surface area contributed by atoms with E-state index in [1.54, 1.807) is 18.7 Å². The molecule has 0 saturated carbocycles. The molecule has 1 aromatic rings. The second-order valence-corrected chi connectivity index (χ2v) is 6.08. The first-order valence-electron chi connectivity index (χ1n) is 7.02. The number of amides is 1. The van der Waals surface area contributed by atoms with Gasteiger partial charge in [0.1, 0.15) is 0 Å². The molecule has 0 radical (unpaired) electrons. The molecule has 21 heavy (non-hydrogen) atoms. The van der Waals surface area contributed by atoms with Crippen LogP contribution in [0.25, 0.3) is 0 Å². The van der Waals surface area contributed by atoms with E-state index in [-0.39, 0.29) is 17.4 Å². The summed E-state index contributed by atoms with van der Waals surface area (Å²) in [6.07, 6.45) is 0. The van der Waals surface area contributed by atoms with E-state index in [1.165, 1.54) is 18.2 Å². The van der Waals surface area contributed by atoms with Gasteiger partial charge in [0.15, 0.2) is 11.5 Å². The Hall–Kier alpha value is -1.79. The molecule has 1 saturated heterocycles. The molecule has 0 unspecified atom stereocenters. The van der Waals surface area contributed by atoms with E-state index in [0.717, 1.165) is 0 Å². The topological polar surface area (TPSA) is 84.2 Å². The van der Waals surface area contributed by atoms with Crippen LogP contribution < -0.4 is 0 Å². The molecule has 2 rings (SSSR count). The molecule has 0 aliphatic carbocycles. The number of β-amino-alcohol motifs (C(OH)–C–C–N with tert-alkyl or cyclic N) is 1. The second-order valence-electron chi connectivity index (χ2n) is 6.08. The lowest BCUT2D eigenvalue weighted by Gasteiger charge is -2.37. The Morgan fingerprint density at radius 3 is 2.29 bits per heavy atom. The van der Waals surface area contributed by atoms with Crippen molar-refractivity contribution in [3.63, 3.8) is 0 Å². The molecule has 6 nitrogen and oxygen atoms in total. The quantitative estimate of drug-likeness (QED) is 0.712. The predicted molar refractivity (Wildman–Crippen MR) is 78.4 cm³/mol. The molecule has 0 atom stereocenters. The normalized spacial score (nSPS) is 17.0. The Kier molecular flexibility index (Phi) is 4.39. The Morgan fingerprint density at radius 2 is 1.76 bits per heavy atom. The molecule has 0 bridgehead atoms. The lowest BCUT2D eigenvalue weighted by atomic mass is 10.1. The van der Waals surface area contributed by atoms with Crippen molar-refractivity contribution >= 4 is 5.91 Å². The third-order valence-corrected chi connectivity index (χ3v) is 3.49. The Morgan fingerprint density at radius 1 is 1.14 bits per heavy atom. The van der Waals surface area contributed by atoms with Crippen LogP contribution in [0.4, 0.5) is 0 Å². The van der Waals surface area contributed by atoms with E-state index >= 15 is 0 Å². The number of nitrogens with zero attached hydrogens (tertiary/aromatic N) is 2. The van der Waals surface area contributed by atoms with Gasteiger partial charge in [-0.25, -0.2) is 0 Å². The van der Waals surface area contributed by atoms with Crippen molar-refractivity contribution in [2.24, 2.45) is 0 Å². The van der Waals surface area contributed by atoms with E-state index in [0.29, 0.717) is 38.3 Å². The van der Waals surface area contributed by atoms with Crippen LogP contribution in [0.5, 0.6) is 11.5 Å². The number of carbonyl (C=O) groups is 1. The van der Waals surface area contributed by atoms with Gasteiger partial charge in [0.25, 0.3) is 5.91 Å². The number of hydrogen-bond acceptors (Lipinski definition) is 5. The molecular weight excluding hydrogens is 272 g/mol. The highest BCUT2D eigenvalue weighted by Crippen LogP contribution is 2.25. The number of phenolic OH excluding ortho intramolecular Hbond substituents is 2. The fourth-order valence-electron chi connectivity index (χ4n) is 2.50. The number of rotatable bonds is 3. The summed E-state index contributed by atoms with van der Waals surface area (Å²) in [6, 6.07) is 4.09. The summed E-state index contributed by atoms with van der Waals surface area (Å²) in [4.78, 5) is 16.2. The van der Waals surface area contributed by atoms with E-state index in [9.17, 15) is 20.1 Å². The molecule has 1 aliphatic rings. The summed E-state index contributed by atoms with van der Waals surface area (Å²) in [5.74, 6) is -0.684. The van der Waals surface area contributed by atoms with E-state index in [1.807, 2.05) is 0 Å². The first-order chi connectivity index (χ1) is 9.76. The largest absolute Gasteiger partial charge is 0.504 e. The summed E-state index contributed by atoms with van der Waals surface area (Å²) < 4.78 is 0. The summed E-state index contributed by atoms with van der Waals surface area (Å²) in [6.45, 7) is 6.69. The molecule has 1 amide bonds. The summed E-state index contributed by atoms with van der Waals surface area (Å²) in [5, 5.41) is 28.5. The van der Waals surface area contributed by atoms with Crippen LogP contribution in [-0.2, 0) is 0 Å². The van der Waals surface area contributed by atoms with Crippen molar-refractivity contribution in [2.75, 3.05) is 32.7 Å².